The first-order valence-corrected chi connectivity index (χ1v) is 6.88. The average Bonchev–Trinajstić information content (AvgIpc) is 2.38. The topological polar surface area (TPSA) is 38.0 Å². The zero-order valence-corrected chi connectivity index (χ0v) is 12.4. The van der Waals surface area contributed by atoms with Crippen LogP contribution in [-0.4, -0.2) is 4.99 Å². The van der Waals surface area contributed by atoms with Gasteiger partial charge in [0.1, 0.15) is 10.8 Å². The maximum Gasteiger partial charge on any atom is 0.123 e. The van der Waals surface area contributed by atoms with Gasteiger partial charge in [0.05, 0.1) is 10.6 Å². The summed E-state index contributed by atoms with van der Waals surface area (Å²) in [6, 6.07) is 11.7. The van der Waals surface area contributed by atoms with E-state index in [1.807, 2.05) is 25.1 Å². The average molecular weight is 309 g/mol. The molecule has 0 aliphatic rings. The van der Waals surface area contributed by atoms with Gasteiger partial charge in [-0.1, -0.05) is 42.0 Å². The van der Waals surface area contributed by atoms with Gasteiger partial charge in [-0.3, -0.25) is 0 Å². The fraction of sp³-hybridized carbons (Fsp3) is 0.133. The highest BCUT2D eigenvalue weighted by Gasteiger charge is 2.13. The van der Waals surface area contributed by atoms with Crippen molar-refractivity contribution < 1.29 is 4.39 Å². The van der Waals surface area contributed by atoms with Crippen LogP contribution < -0.4 is 11.1 Å². The molecule has 0 saturated heterocycles. The first kappa shape index (κ1) is 14.8. The number of benzene rings is 2. The van der Waals surface area contributed by atoms with Gasteiger partial charge in [-0.15, -0.1) is 0 Å². The fourth-order valence-corrected chi connectivity index (χ4v) is 2.54. The minimum Gasteiger partial charge on any atom is -0.389 e. The largest absolute Gasteiger partial charge is 0.389 e. The summed E-state index contributed by atoms with van der Waals surface area (Å²) >= 11 is 11.1. The predicted octanol–water partition coefficient (Wildman–Crippen LogP) is 4.29. The molecule has 0 heterocycles. The van der Waals surface area contributed by atoms with Crippen molar-refractivity contribution in [2.24, 2.45) is 5.73 Å². The molecule has 3 N–H and O–H groups in total. The highest BCUT2D eigenvalue weighted by Crippen LogP contribution is 2.27. The number of thiocarbonyl (C=S) groups is 1. The third-order valence-electron chi connectivity index (χ3n) is 2.98. The molecule has 2 aromatic rings. The van der Waals surface area contributed by atoms with E-state index >= 15 is 0 Å². The Morgan fingerprint density at radius 1 is 1.30 bits per heavy atom. The quantitative estimate of drug-likeness (QED) is 0.828. The molecule has 104 valence electrons. The number of hydrogen-bond donors (Lipinski definition) is 2. The Bertz CT molecular complexity index is 646. The molecule has 0 bridgehead atoms. The van der Waals surface area contributed by atoms with Crippen molar-refractivity contribution in [1.29, 1.82) is 0 Å². The number of halogens is 2. The van der Waals surface area contributed by atoms with Gasteiger partial charge in [0.2, 0.25) is 0 Å². The Morgan fingerprint density at radius 2 is 2.00 bits per heavy atom. The molecule has 0 saturated carbocycles. The van der Waals surface area contributed by atoms with Crippen molar-refractivity contribution >= 4 is 34.5 Å². The van der Waals surface area contributed by atoms with E-state index in [-0.39, 0.29) is 16.8 Å². The third kappa shape index (κ3) is 3.26. The Hall–Kier alpha value is -1.65. The van der Waals surface area contributed by atoms with E-state index < -0.39 is 0 Å². The van der Waals surface area contributed by atoms with Crippen LogP contribution in [0.4, 0.5) is 10.1 Å². The van der Waals surface area contributed by atoms with Crippen LogP contribution in [0.5, 0.6) is 0 Å². The predicted molar refractivity (Wildman–Crippen MR) is 85.8 cm³/mol. The summed E-state index contributed by atoms with van der Waals surface area (Å²) in [4.78, 5) is 0.226. The van der Waals surface area contributed by atoms with Crippen LogP contribution in [0.15, 0.2) is 42.5 Å². The lowest BCUT2D eigenvalue weighted by atomic mass is 10.1. The maximum atomic E-state index is 13.2. The van der Waals surface area contributed by atoms with Gasteiger partial charge >= 0.3 is 0 Å². The molecule has 1 atom stereocenters. The van der Waals surface area contributed by atoms with Crippen molar-refractivity contribution in [3.63, 3.8) is 0 Å². The van der Waals surface area contributed by atoms with Crippen molar-refractivity contribution in [3.05, 3.63) is 64.4 Å². The Balaban J connectivity index is 2.30. The van der Waals surface area contributed by atoms with Gasteiger partial charge in [0, 0.05) is 11.7 Å². The molecule has 1 unspecified atom stereocenters. The van der Waals surface area contributed by atoms with Crippen LogP contribution in [-0.2, 0) is 0 Å². The Labute approximate surface area is 127 Å². The first-order valence-electron chi connectivity index (χ1n) is 6.09. The zero-order chi connectivity index (χ0) is 14.7. The van der Waals surface area contributed by atoms with Gasteiger partial charge in [0.25, 0.3) is 0 Å². The van der Waals surface area contributed by atoms with Gasteiger partial charge in [-0.2, -0.15) is 0 Å². The van der Waals surface area contributed by atoms with Crippen LogP contribution in [0.25, 0.3) is 0 Å². The molecule has 20 heavy (non-hydrogen) atoms. The fourth-order valence-electron chi connectivity index (χ4n) is 1.99. The summed E-state index contributed by atoms with van der Waals surface area (Å²) in [6.45, 7) is 1.93. The Kier molecular flexibility index (Phi) is 4.57. The van der Waals surface area contributed by atoms with Crippen molar-refractivity contribution in [2.75, 3.05) is 5.32 Å². The molecule has 5 heteroatoms. The summed E-state index contributed by atoms with van der Waals surface area (Å²) < 4.78 is 13.2. The summed E-state index contributed by atoms with van der Waals surface area (Å²) in [6.07, 6.45) is 0. The highest BCUT2D eigenvalue weighted by molar-refractivity contribution is 7.80. The molecular formula is C15H14ClFN2S. The SMILES string of the molecule is CC(Nc1cccc(Cl)c1C(N)=S)c1cccc(F)c1. The van der Waals surface area contributed by atoms with Crippen LogP contribution in [0.3, 0.4) is 0 Å². The second kappa shape index (κ2) is 6.20. The molecule has 0 aliphatic heterocycles. The zero-order valence-electron chi connectivity index (χ0n) is 10.9. The van der Waals surface area contributed by atoms with Gasteiger partial charge in [-0.25, -0.2) is 4.39 Å². The van der Waals surface area contributed by atoms with Crippen LogP contribution >= 0.6 is 23.8 Å². The monoisotopic (exact) mass is 308 g/mol. The lowest BCUT2D eigenvalue weighted by molar-refractivity contribution is 0.623. The van der Waals surface area contributed by atoms with E-state index in [9.17, 15) is 4.39 Å². The number of hydrogen-bond acceptors (Lipinski definition) is 2. The van der Waals surface area contributed by atoms with Gasteiger partial charge < -0.3 is 11.1 Å². The highest BCUT2D eigenvalue weighted by atomic mass is 35.5. The van der Waals surface area contributed by atoms with E-state index in [1.54, 1.807) is 12.1 Å². The van der Waals surface area contributed by atoms with E-state index in [4.69, 9.17) is 29.6 Å². The molecule has 0 aliphatic carbocycles. The second-order valence-electron chi connectivity index (χ2n) is 4.45. The molecule has 0 spiro atoms. The molecule has 2 nitrogen and oxygen atoms in total. The Morgan fingerprint density at radius 3 is 2.65 bits per heavy atom. The molecular weight excluding hydrogens is 295 g/mol. The lowest BCUT2D eigenvalue weighted by Crippen LogP contribution is -2.15. The van der Waals surface area contributed by atoms with E-state index in [0.717, 1.165) is 11.3 Å². The third-order valence-corrected chi connectivity index (χ3v) is 3.50. The van der Waals surface area contributed by atoms with Crippen molar-refractivity contribution in [3.8, 4) is 0 Å². The normalized spacial score (nSPS) is 11.9. The lowest BCUT2D eigenvalue weighted by Gasteiger charge is -2.19. The molecule has 0 radical (unpaired) electrons. The second-order valence-corrected chi connectivity index (χ2v) is 5.29. The number of rotatable bonds is 4. The molecule has 0 amide bonds. The minimum absolute atomic E-state index is 0.0998. The number of nitrogens with one attached hydrogen (secondary N) is 1. The minimum atomic E-state index is -0.267. The molecule has 0 aromatic heterocycles. The number of nitrogens with two attached hydrogens (primary N) is 1. The number of anilines is 1. The van der Waals surface area contributed by atoms with Gasteiger partial charge in [0.15, 0.2) is 0 Å². The van der Waals surface area contributed by atoms with Crippen molar-refractivity contribution in [2.45, 2.75) is 13.0 Å². The van der Waals surface area contributed by atoms with Gasteiger partial charge in [-0.05, 0) is 36.8 Å². The molecule has 2 aromatic carbocycles. The van der Waals surface area contributed by atoms with Crippen LogP contribution in [0.1, 0.15) is 24.1 Å². The summed E-state index contributed by atoms with van der Waals surface area (Å²) in [5, 5.41) is 3.75. The summed E-state index contributed by atoms with van der Waals surface area (Å²) in [5.41, 5.74) is 7.88. The van der Waals surface area contributed by atoms with Crippen molar-refractivity contribution in [1.82, 2.24) is 0 Å². The van der Waals surface area contributed by atoms with E-state index in [0.29, 0.717) is 10.6 Å². The van der Waals surface area contributed by atoms with E-state index in [2.05, 4.69) is 5.32 Å². The van der Waals surface area contributed by atoms with E-state index in [1.165, 1.54) is 12.1 Å². The molecule has 0 fully saturated rings. The first-order chi connectivity index (χ1) is 9.49. The van der Waals surface area contributed by atoms with Crippen LogP contribution in [0, 0.1) is 5.82 Å². The summed E-state index contributed by atoms with van der Waals surface area (Å²) in [7, 11) is 0. The standard InChI is InChI=1S/C15H14ClFN2S/c1-9(10-4-2-5-11(17)8-10)19-13-7-3-6-12(16)14(13)15(18)20/h2-9,19H,1H3,(H2,18,20). The smallest absolute Gasteiger partial charge is 0.123 e. The molecule has 2 rings (SSSR count). The maximum absolute atomic E-state index is 13.2. The van der Waals surface area contributed by atoms with Crippen LogP contribution in [0.2, 0.25) is 5.02 Å². The summed E-state index contributed by atoms with van der Waals surface area (Å²) in [5.74, 6) is -0.267.